The third kappa shape index (κ3) is 2.36. The Morgan fingerprint density at radius 1 is 0.950 bits per heavy atom. The van der Waals surface area contributed by atoms with Gasteiger partial charge in [0.25, 0.3) is 0 Å². The highest BCUT2D eigenvalue weighted by atomic mass is 16.5. The van der Waals surface area contributed by atoms with Crippen LogP contribution in [-0.4, -0.2) is 30.9 Å². The van der Waals surface area contributed by atoms with Gasteiger partial charge in [0, 0.05) is 6.54 Å². The first-order valence-corrected chi connectivity index (χ1v) is 6.96. The van der Waals surface area contributed by atoms with Gasteiger partial charge < -0.3 is 15.2 Å². The zero-order valence-corrected chi connectivity index (χ0v) is 11.3. The molecule has 2 N–H and O–H groups in total. The zero-order valence-electron chi connectivity index (χ0n) is 11.3. The molecule has 1 aliphatic rings. The molecule has 0 spiro atoms. The predicted octanol–water partition coefficient (Wildman–Crippen LogP) is 1.91. The number of rotatable bonds is 3. The van der Waals surface area contributed by atoms with Gasteiger partial charge in [-0.1, -0.05) is 60.7 Å². The van der Waals surface area contributed by atoms with E-state index in [1.807, 2.05) is 60.7 Å². The molecule has 2 aromatic rings. The molecule has 1 aliphatic heterocycles. The molecule has 3 nitrogen and oxygen atoms in total. The molecule has 0 saturated carbocycles. The Hall–Kier alpha value is -1.68. The van der Waals surface area contributed by atoms with Gasteiger partial charge in [-0.25, -0.2) is 0 Å². The van der Waals surface area contributed by atoms with Gasteiger partial charge in [-0.2, -0.15) is 0 Å². The molecule has 1 atom stereocenters. The number of aliphatic hydroxyl groups is 1. The van der Waals surface area contributed by atoms with Crippen molar-refractivity contribution in [2.75, 3.05) is 19.8 Å². The van der Waals surface area contributed by atoms with Gasteiger partial charge in [0.15, 0.2) is 0 Å². The third-order valence-corrected chi connectivity index (χ3v) is 3.85. The first kappa shape index (κ1) is 13.3. The van der Waals surface area contributed by atoms with Crippen LogP contribution in [0.4, 0.5) is 0 Å². The van der Waals surface area contributed by atoms with Crippen molar-refractivity contribution in [3.8, 4) is 0 Å². The van der Waals surface area contributed by atoms with E-state index in [2.05, 4.69) is 5.32 Å². The number of ether oxygens (including phenoxy) is 1. The summed E-state index contributed by atoms with van der Waals surface area (Å²) in [6, 6.07) is 19.4. The summed E-state index contributed by atoms with van der Waals surface area (Å²) in [5, 5.41) is 14.8. The molecule has 2 aromatic carbocycles. The van der Waals surface area contributed by atoms with E-state index in [0.717, 1.165) is 17.7 Å². The average Bonchev–Trinajstić information content (AvgIpc) is 2.56. The van der Waals surface area contributed by atoms with Crippen LogP contribution in [0.5, 0.6) is 0 Å². The minimum absolute atomic E-state index is 0.152. The molecule has 0 bridgehead atoms. The van der Waals surface area contributed by atoms with Crippen LogP contribution in [0.25, 0.3) is 0 Å². The van der Waals surface area contributed by atoms with E-state index in [9.17, 15) is 5.11 Å². The van der Waals surface area contributed by atoms with E-state index in [1.54, 1.807) is 0 Å². The van der Waals surface area contributed by atoms with Gasteiger partial charge in [0.1, 0.15) is 5.60 Å². The van der Waals surface area contributed by atoms with Gasteiger partial charge in [-0.15, -0.1) is 0 Å². The van der Waals surface area contributed by atoms with Crippen LogP contribution in [0.2, 0.25) is 0 Å². The monoisotopic (exact) mass is 269 g/mol. The van der Waals surface area contributed by atoms with Crippen LogP contribution in [0.3, 0.4) is 0 Å². The van der Waals surface area contributed by atoms with Crippen LogP contribution in [0.15, 0.2) is 60.7 Å². The van der Waals surface area contributed by atoms with Gasteiger partial charge in [-0.3, -0.25) is 0 Å². The second-order valence-electron chi connectivity index (χ2n) is 5.08. The summed E-state index contributed by atoms with van der Waals surface area (Å²) in [6.45, 7) is 1.95. The lowest BCUT2D eigenvalue weighted by Crippen LogP contribution is -2.55. The summed E-state index contributed by atoms with van der Waals surface area (Å²) < 4.78 is 5.55. The van der Waals surface area contributed by atoms with E-state index in [0.29, 0.717) is 13.2 Å². The average molecular weight is 269 g/mol. The molecule has 104 valence electrons. The summed E-state index contributed by atoms with van der Waals surface area (Å²) >= 11 is 0. The molecule has 3 rings (SSSR count). The first-order valence-electron chi connectivity index (χ1n) is 6.96. The Balaban J connectivity index is 2.07. The normalized spacial score (nSPS) is 19.8. The Labute approximate surface area is 119 Å². The van der Waals surface area contributed by atoms with Crippen LogP contribution in [0.1, 0.15) is 11.1 Å². The number of hydrogen-bond acceptors (Lipinski definition) is 3. The number of morpholine rings is 1. The van der Waals surface area contributed by atoms with Crippen molar-refractivity contribution >= 4 is 0 Å². The van der Waals surface area contributed by atoms with Gasteiger partial charge in [0.2, 0.25) is 0 Å². The Morgan fingerprint density at radius 3 is 1.95 bits per heavy atom. The second-order valence-corrected chi connectivity index (χ2v) is 5.08. The van der Waals surface area contributed by atoms with Gasteiger partial charge in [-0.05, 0) is 11.1 Å². The molecule has 0 aliphatic carbocycles. The van der Waals surface area contributed by atoms with Crippen LogP contribution in [0, 0.1) is 0 Å². The zero-order chi connectivity index (χ0) is 13.8. The molecule has 1 fully saturated rings. The van der Waals surface area contributed by atoms with Crippen LogP contribution < -0.4 is 5.32 Å². The SMILES string of the molecule is OC(c1ccccc1)(c1ccccc1)C1COCCN1. The highest BCUT2D eigenvalue weighted by Gasteiger charge is 2.41. The van der Waals surface area contributed by atoms with E-state index < -0.39 is 5.60 Å². The smallest absolute Gasteiger partial charge is 0.132 e. The van der Waals surface area contributed by atoms with E-state index in [4.69, 9.17) is 4.74 Å². The van der Waals surface area contributed by atoms with Crippen molar-refractivity contribution < 1.29 is 9.84 Å². The van der Waals surface area contributed by atoms with Crippen molar-refractivity contribution in [2.45, 2.75) is 11.6 Å². The summed E-state index contributed by atoms with van der Waals surface area (Å²) in [4.78, 5) is 0. The summed E-state index contributed by atoms with van der Waals surface area (Å²) in [6.07, 6.45) is 0. The molecule has 20 heavy (non-hydrogen) atoms. The lowest BCUT2D eigenvalue weighted by molar-refractivity contribution is -0.0299. The van der Waals surface area contributed by atoms with Crippen LogP contribution in [-0.2, 0) is 10.3 Å². The van der Waals surface area contributed by atoms with Crippen molar-refractivity contribution in [3.05, 3.63) is 71.8 Å². The Kier molecular flexibility index (Phi) is 3.83. The molecule has 1 unspecified atom stereocenters. The molecule has 0 amide bonds. The fourth-order valence-corrected chi connectivity index (χ4v) is 2.79. The summed E-state index contributed by atoms with van der Waals surface area (Å²) in [5.41, 5.74) is 0.687. The van der Waals surface area contributed by atoms with Crippen molar-refractivity contribution in [1.29, 1.82) is 0 Å². The molecule has 0 aromatic heterocycles. The lowest BCUT2D eigenvalue weighted by atomic mass is 9.80. The highest BCUT2D eigenvalue weighted by Crippen LogP contribution is 2.33. The van der Waals surface area contributed by atoms with Gasteiger partial charge >= 0.3 is 0 Å². The molecular formula is C17H19NO2. The second kappa shape index (κ2) is 5.75. The fraction of sp³-hybridized carbons (Fsp3) is 0.294. The number of benzene rings is 2. The highest BCUT2D eigenvalue weighted by molar-refractivity contribution is 5.38. The topological polar surface area (TPSA) is 41.5 Å². The minimum atomic E-state index is -1.08. The maximum atomic E-state index is 11.4. The van der Waals surface area contributed by atoms with E-state index in [1.165, 1.54) is 0 Å². The van der Waals surface area contributed by atoms with Gasteiger partial charge in [0.05, 0.1) is 19.3 Å². The maximum absolute atomic E-state index is 11.4. The summed E-state index contributed by atoms with van der Waals surface area (Å²) in [5.74, 6) is 0. The third-order valence-electron chi connectivity index (χ3n) is 3.85. The fourth-order valence-electron chi connectivity index (χ4n) is 2.79. The molecule has 0 radical (unpaired) electrons. The Morgan fingerprint density at radius 2 is 1.50 bits per heavy atom. The molecule has 1 heterocycles. The number of nitrogens with one attached hydrogen (secondary N) is 1. The van der Waals surface area contributed by atoms with E-state index >= 15 is 0 Å². The first-order chi connectivity index (χ1) is 9.82. The van der Waals surface area contributed by atoms with E-state index in [-0.39, 0.29) is 6.04 Å². The predicted molar refractivity (Wildman–Crippen MR) is 78.5 cm³/mol. The van der Waals surface area contributed by atoms with Crippen molar-refractivity contribution in [1.82, 2.24) is 5.32 Å². The minimum Gasteiger partial charge on any atom is -0.379 e. The molecular weight excluding hydrogens is 250 g/mol. The largest absolute Gasteiger partial charge is 0.379 e. The maximum Gasteiger partial charge on any atom is 0.132 e. The molecule has 1 saturated heterocycles. The number of hydrogen-bond donors (Lipinski definition) is 2. The molecule has 3 heteroatoms. The Bertz CT molecular complexity index is 496. The standard InChI is InChI=1S/C17H19NO2/c19-17(14-7-3-1-4-8-14,15-9-5-2-6-10-15)16-13-20-12-11-18-16/h1-10,16,18-19H,11-13H2. The quantitative estimate of drug-likeness (QED) is 0.894. The van der Waals surface area contributed by atoms with Crippen LogP contribution >= 0.6 is 0 Å². The summed E-state index contributed by atoms with van der Waals surface area (Å²) in [7, 11) is 0. The van der Waals surface area contributed by atoms with Crippen molar-refractivity contribution in [2.24, 2.45) is 0 Å². The lowest BCUT2D eigenvalue weighted by Gasteiger charge is -2.39. The van der Waals surface area contributed by atoms with Crippen molar-refractivity contribution in [3.63, 3.8) is 0 Å².